The molecule has 1 fully saturated rings. The van der Waals surface area contributed by atoms with E-state index in [0.29, 0.717) is 11.3 Å². The summed E-state index contributed by atoms with van der Waals surface area (Å²) in [7, 11) is 0. The lowest BCUT2D eigenvalue weighted by Crippen LogP contribution is -2.61. The number of nitrogens with zero attached hydrogens (tertiary/aromatic N) is 2. The van der Waals surface area contributed by atoms with Crippen molar-refractivity contribution in [1.82, 2.24) is 4.90 Å². The van der Waals surface area contributed by atoms with Gasteiger partial charge >= 0.3 is 0 Å². The van der Waals surface area contributed by atoms with Gasteiger partial charge in [-0.15, -0.1) is 0 Å². The Hall–Kier alpha value is -2.69. The Bertz CT molecular complexity index is 840. The highest BCUT2D eigenvalue weighted by molar-refractivity contribution is 6.07. The van der Waals surface area contributed by atoms with Crippen LogP contribution >= 0.6 is 0 Å². The van der Waals surface area contributed by atoms with Crippen LogP contribution in [0.1, 0.15) is 37.9 Å². The number of halogens is 1. The molecule has 136 valence electrons. The SMILES string of the molecule is Cc1ccccc1N1C(=O)CN(C(C)(C)C)C(=O)[C@H]1c1ccc(F)cc1. The van der Waals surface area contributed by atoms with Crippen LogP contribution in [-0.4, -0.2) is 28.8 Å². The maximum Gasteiger partial charge on any atom is 0.251 e. The number of anilines is 1. The van der Waals surface area contributed by atoms with Crippen LogP contribution < -0.4 is 4.90 Å². The predicted molar refractivity (Wildman–Crippen MR) is 99.3 cm³/mol. The summed E-state index contributed by atoms with van der Waals surface area (Å²) in [6.45, 7) is 7.65. The quantitative estimate of drug-likeness (QED) is 0.822. The largest absolute Gasteiger partial charge is 0.326 e. The first-order chi connectivity index (χ1) is 12.2. The Morgan fingerprint density at radius 3 is 2.19 bits per heavy atom. The molecule has 2 amide bonds. The van der Waals surface area contributed by atoms with Crippen LogP contribution in [-0.2, 0) is 9.59 Å². The maximum absolute atomic E-state index is 13.4. The molecule has 0 spiro atoms. The molecule has 0 radical (unpaired) electrons. The van der Waals surface area contributed by atoms with Crippen LogP contribution in [0.2, 0.25) is 0 Å². The van der Waals surface area contributed by atoms with Gasteiger partial charge in [-0.2, -0.15) is 0 Å². The highest BCUT2D eigenvalue weighted by Crippen LogP contribution is 2.36. The number of piperazine rings is 1. The van der Waals surface area contributed by atoms with Crippen LogP contribution in [0, 0.1) is 12.7 Å². The zero-order valence-electron chi connectivity index (χ0n) is 15.5. The first-order valence-electron chi connectivity index (χ1n) is 8.65. The van der Waals surface area contributed by atoms with Gasteiger partial charge in [-0.3, -0.25) is 14.5 Å². The Labute approximate surface area is 153 Å². The molecule has 1 heterocycles. The number of carbonyl (C=O) groups is 2. The second-order valence-electron chi connectivity index (χ2n) is 7.60. The average molecular weight is 354 g/mol. The summed E-state index contributed by atoms with van der Waals surface area (Å²) >= 11 is 0. The molecule has 0 aliphatic carbocycles. The fourth-order valence-corrected chi connectivity index (χ4v) is 3.30. The fourth-order valence-electron chi connectivity index (χ4n) is 3.30. The first kappa shape index (κ1) is 18.1. The number of para-hydroxylation sites is 1. The molecule has 2 aromatic carbocycles. The number of aryl methyl sites for hydroxylation is 1. The normalized spacial score (nSPS) is 18.4. The number of hydrogen-bond acceptors (Lipinski definition) is 2. The third-order valence-electron chi connectivity index (χ3n) is 4.69. The number of carbonyl (C=O) groups excluding carboxylic acids is 2. The van der Waals surface area contributed by atoms with Gasteiger partial charge in [0, 0.05) is 11.2 Å². The molecule has 0 unspecified atom stereocenters. The summed E-state index contributed by atoms with van der Waals surface area (Å²) in [6.07, 6.45) is 0. The van der Waals surface area contributed by atoms with Crippen molar-refractivity contribution in [2.24, 2.45) is 0 Å². The minimum atomic E-state index is -0.808. The second kappa shape index (κ2) is 6.56. The zero-order valence-corrected chi connectivity index (χ0v) is 15.5. The minimum Gasteiger partial charge on any atom is -0.326 e. The summed E-state index contributed by atoms with van der Waals surface area (Å²) in [5.41, 5.74) is 1.73. The van der Waals surface area contributed by atoms with Crippen LogP contribution in [0.15, 0.2) is 48.5 Å². The van der Waals surface area contributed by atoms with Gasteiger partial charge in [0.15, 0.2) is 0 Å². The van der Waals surface area contributed by atoms with Crippen molar-refractivity contribution >= 4 is 17.5 Å². The zero-order chi connectivity index (χ0) is 19.1. The summed E-state index contributed by atoms with van der Waals surface area (Å²) in [4.78, 5) is 29.5. The van der Waals surface area contributed by atoms with E-state index < -0.39 is 11.6 Å². The summed E-state index contributed by atoms with van der Waals surface area (Å²) in [5.74, 6) is -0.687. The van der Waals surface area contributed by atoms with E-state index in [1.165, 1.54) is 12.1 Å². The van der Waals surface area contributed by atoms with Crippen molar-refractivity contribution in [2.75, 3.05) is 11.4 Å². The van der Waals surface area contributed by atoms with Crippen molar-refractivity contribution in [1.29, 1.82) is 0 Å². The lowest BCUT2D eigenvalue weighted by molar-refractivity contribution is -0.146. The predicted octanol–water partition coefficient (Wildman–Crippen LogP) is 3.85. The molecule has 1 aliphatic rings. The van der Waals surface area contributed by atoms with Crippen LogP contribution in [0.25, 0.3) is 0 Å². The highest BCUT2D eigenvalue weighted by atomic mass is 19.1. The molecular weight excluding hydrogens is 331 g/mol. The fraction of sp³-hybridized carbons (Fsp3) is 0.333. The van der Waals surface area contributed by atoms with Crippen LogP contribution in [0.4, 0.5) is 10.1 Å². The molecule has 0 N–H and O–H groups in total. The third-order valence-corrected chi connectivity index (χ3v) is 4.69. The van der Waals surface area contributed by atoms with Gasteiger partial charge in [0.2, 0.25) is 5.91 Å². The Kier molecular flexibility index (Phi) is 4.57. The molecule has 26 heavy (non-hydrogen) atoms. The van der Waals surface area contributed by atoms with Gasteiger partial charge in [0.05, 0.1) is 0 Å². The highest BCUT2D eigenvalue weighted by Gasteiger charge is 2.44. The molecule has 0 aromatic heterocycles. The van der Waals surface area contributed by atoms with Gasteiger partial charge in [-0.25, -0.2) is 4.39 Å². The number of benzene rings is 2. The summed E-state index contributed by atoms with van der Waals surface area (Å²) in [6, 6.07) is 12.5. The minimum absolute atomic E-state index is 0.0222. The van der Waals surface area contributed by atoms with Crippen molar-refractivity contribution in [3.05, 3.63) is 65.5 Å². The standard InChI is InChI=1S/C21H23FN2O2/c1-14-7-5-6-8-17(14)24-18(25)13-23(21(2,3)4)20(26)19(24)15-9-11-16(22)12-10-15/h5-12,19H,13H2,1-4H3/t19-/m1/s1. The van der Waals surface area contributed by atoms with E-state index in [-0.39, 0.29) is 24.2 Å². The molecule has 0 bridgehead atoms. The van der Waals surface area contributed by atoms with Crippen molar-refractivity contribution in [2.45, 2.75) is 39.3 Å². The Morgan fingerprint density at radius 2 is 1.62 bits per heavy atom. The lowest BCUT2D eigenvalue weighted by atomic mass is 9.95. The van der Waals surface area contributed by atoms with Crippen molar-refractivity contribution in [3.8, 4) is 0 Å². The van der Waals surface area contributed by atoms with E-state index in [1.807, 2.05) is 52.0 Å². The molecule has 2 aromatic rings. The monoisotopic (exact) mass is 354 g/mol. The summed E-state index contributed by atoms with van der Waals surface area (Å²) < 4.78 is 13.4. The molecule has 1 atom stereocenters. The van der Waals surface area contributed by atoms with Gasteiger partial charge in [0.1, 0.15) is 18.4 Å². The van der Waals surface area contributed by atoms with Gasteiger partial charge in [-0.05, 0) is 57.0 Å². The molecular formula is C21H23FN2O2. The number of rotatable bonds is 2. The topological polar surface area (TPSA) is 40.6 Å². The van der Waals surface area contributed by atoms with Gasteiger partial charge < -0.3 is 4.90 Å². The number of amides is 2. The van der Waals surface area contributed by atoms with Crippen LogP contribution in [0.3, 0.4) is 0 Å². The lowest BCUT2D eigenvalue weighted by Gasteiger charge is -2.46. The van der Waals surface area contributed by atoms with E-state index in [1.54, 1.807) is 21.9 Å². The molecule has 3 rings (SSSR count). The third kappa shape index (κ3) is 3.21. The second-order valence-corrected chi connectivity index (χ2v) is 7.60. The van der Waals surface area contributed by atoms with E-state index in [9.17, 15) is 14.0 Å². The Morgan fingerprint density at radius 1 is 1.00 bits per heavy atom. The smallest absolute Gasteiger partial charge is 0.251 e. The molecule has 1 saturated heterocycles. The molecule has 4 nitrogen and oxygen atoms in total. The summed E-state index contributed by atoms with van der Waals surface area (Å²) in [5, 5.41) is 0. The van der Waals surface area contributed by atoms with Crippen LogP contribution in [0.5, 0.6) is 0 Å². The maximum atomic E-state index is 13.4. The molecule has 5 heteroatoms. The van der Waals surface area contributed by atoms with Crippen molar-refractivity contribution in [3.63, 3.8) is 0 Å². The first-order valence-corrected chi connectivity index (χ1v) is 8.65. The van der Waals surface area contributed by atoms with E-state index in [0.717, 1.165) is 5.56 Å². The van der Waals surface area contributed by atoms with Gasteiger partial charge in [0.25, 0.3) is 5.91 Å². The van der Waals surface area contributed by atoms with Crippen molar-refractivity contribution < 1.29 is 14.0 Å². The van der Waals surface area contributed by atoms with E-state index in [4.69, 9.17) is 0 Å². The molecule has 0 saturated carbocycles. The van der Waals surface area contributed by atoms with Gasteiger partial charge in [-0.1, -0.05) is 30.3 Å². The van der Waals surface area contributed by atoms with E-state index >= 15 is 0 Å². The van der Waals surface area contributed by atoms with E-state index in [2.05, 4.69) is 0 Å². The Balaban J connectivity index is 2.15. The average Bonchev–Trinajstić information content (AvgIpc) is 2.57. The molecule has 1 aliphatic heterocycles. The number of hydrogen-bond donors (Lipinski definition) is 0.